The number of carbonyl (C=O) groups excluding carboxylic acids is 1. The van der Waals surface area contributed by atoms with Crippen molar-refractivity contribution in [3.63, 3.8) is 0 Å². The van der Waals surface area contributed by atoms with Gasteiger partial charge in [0.25, 0.3) is 0 Å². The quantitative estimate of drug-likeness (QED) is 0.872. The van der Waals surface area contributed by atoms with Crippen LogP contribution in [0.25, 0.3) is 0 Å². The summed E-state index contributed by atoms with van der Waals surface area (Å²) >= 11 is 3.42. The Labute approximate surface area is 122 Å². The first-order valence-corrected chi connectivity index (χ1v) is 7.59. The van der Waals surface area contributed by atoms with Crippen LogP contribution in [0.5, 0.6) is 0 Å². The van der Waals surface area contributed by atoms with E-state index in [0.717, 1.165) is 29.3 Å². The SMILES string of the molecule is NC(=O)CC1(CC(N)c2ccc(Br)cc2)CCCC1. The van der Waals surface area contributed by atoms with Crippen molar-refractivity contribution in [1.29, 1.82) is 0 Å². The molecule has 0 saturated heterocycles. The molecule has 0 bridgehead atoms. The Hall–Kier alpha value is -0.870. The third kappa shape index (κ3) is 3.80. The number of halogens is 1. The molecule has 104 valence electrons. The van der Waals surface area contributed by atoms with Crippen molar-refractivity contribution in [3.8, 4) is 0 Å². The van der Waals surface area contributed by atoms with Gasteiger partial charge in [-0.1, -0.05) is 40.9 Å². The molecule has 0 heterocycles. The van der Waals surface area contributed by atoms with E-state index in [9.17, 15) is 4.79 Å². The summed E-state index contributed by atoms with van der Waals surface area (Å²) in [4.78, 5) is 11.3. The van der Waals surface area contributed by atoms with Crippen LogP contribution in [0.15, 0.2) is 28.7 Å². The second-order valence-corrected chi connectivity index (χ2v) is 6.63. The van der Waals surface area contributed by atoms with E-state index in [-0.39, 0.29) is 17.4 Å². The molecule has 1 amide bonds. The average Bonchev–Trinajstić information content (AvgIpc) is 2.77. The van der Waals surface area contributed by atoms with Crippen LogP contribution in [0.3, 0.4) is 0 Å². The molecule has 1 aromatic rings. The van der Waals surface area contributed by atoms with Gasteiger partial charge in [0.1, 0.15) is 0 Å². The Bertz CT molecular complexity index is 438. The number of hydrogen-bond donors (Lipinski definition) is 2. The monoisotopic (exact) mass is 324 g/mol. The fourth-order valence-electron chi connectivity index (χ4n) is 3.24. The summed E-state index contributed by atoms with van der Waals surface area (Å²) in [6, 6.07) is 8.07. The maximum atomic E-state index is 11.3. The largest absolute Gasteiger partial charge is 0.370 e. The first-order chi connectivity index (χ1) is 9.01. The van der Waals surface area contributed by atoms with Crippen molar-refractivity contribution >= 4 is 21.8 Å². The third-order valence-electron chi connectivity index (χ3n) is 4.16. The number of nitrogens with two attached hydrogens (primary N) is 2. The van der Waals surface area contributed by atoms with Crippen LogP contribution >= 0.6 is 15.9 Å². The van der Waals surface area contributed by atoms with Crippen molar-refractivity contribution in [2.24, 2.45) is 16.9 Å². The molecule has 19 heavy (non-hydrogen) atoms. The topological polar surface area (TPSA) is 69.1 Å². The van der Waals surface area contributed by atoms with E-state index in [1.807, 2.05) is 24.3 Å². The highest BCUT2D eigenvalue weighted by Gasteiger charge is 2.36. The molecular weight excluding hydrogens is 304 g/mol. The van der Waals surface area contributed by atoms with Gasteiger partial charge in [-0.2, -0.15) is 0 Å². The van der Waals surface area contributed by atoms with Gasteiger partial charge in [-0.15, -0.1) is 0 Å². The Morgan fingerprint density at radius 1 is 1.26 bits per heavy atom. The lowest BCUT2D eigenvalue weighted by atomic mass is 9.76. The third-order valence-corrected chi connectivity index (χ3v) is 4.69. The van der Waals surface area contributed by atoms with E-state index in [2.05, 4.69) is 15.9 Å². The number of carbonyl (C=O) groups is 1. The molecule has 4 N–H and O–H groups in total. The lowest BCUT2D eigenvalue weighted by molar-refractivity contribution is -0.120. The van der Waals surface area contributed by atoms with Gasteiger partial charge in [-0.05, 0) is 42.4 Å². The van der Waals surface area contributed by atoms with E-state index in [4.69, 9.17) is 11.5 Å². The van der Waals surface area contributed by atoms with Crippen molar-refractivity contribution < 1.29 is 4.79 Å². The predicted octanol–water partition coefficient (Wildman–Crippen LogP) is 3.27. The molecule has 0 radical (unpaired) electrons. The first kappa shape index (κ1) is 14.5. The Morgan fingerprint density at radius 3 is 2.37 bits per heavy atom. The molecule has 1 unspecified atom stereocenters. The molecule has 0 aromatic heterocycles. The molecule has 1 aliphatic carbocycles. The molecule has 1 saturated carbocycles. The van der Waals surface area contributed by atoms with E-state index in [1.165, 1.54) is 12.8 Å². The molecule has 2 rings (SSSR count). The molecule has 0 aliphatic heterocycles. The zero-order valence-corrected chi connectivity index (χ0v) is 12.7. The second kappa shape index (κ2) is 6.06. The summed E-state index contributed by atoms with van der Waals surface area (Å²) in [6.45, 7) is 0. The minimum atomic E-state index is -0.204. The van der Waals surface area contributed by atoms with Crippen LogP contribution in [0.2, 0.25) is 0 Å². The molecule has 0 spiro atoms. The molecule has 1 atom stereocenters. The number of rotatable bonds is 5. The highest BCUT2D eigenvalue weighted by Crippen LogP contribution is 2.46. The van der Waals surface area contributed by atoms with Gasteiger partial charge in [0.2, 0.25) is 5.91 Å². The van der Waals surface area contributed by atoms with Crippen LogP contribution in [-0.4, -0.2) is 5.91 Å². The summed E-state index contributed by atoms with van der Waals surface area (Å²) in [5.41, 5.74) is 12.9. The maximum absolute atomic E-state index is 11.3. The van der Waals surface area contributed by atoms with Crippen LogP contribution in [0.4, 0.5) is 0 Å². The molecule has 1 fully saturated rings. The zero-order valence-electron chi connectivity index (χ0n) is 11.1. The fourth-order valence-corrected chi connectivity index (χ4v) is 3.51. The fraction of sp³-hybridized carbons (Fsp3) is 0.533. The summed E-state index contributed by atoms with van der Waals surface area (Å²) < 4.78 is 1.05. The van der Waals surface area contributed by atoms with Crippen LogP contribution in [0.1, 0.15) is 50.1 Å². The van der Waals surface area contributed by atoms with Gasteiger partial charge in [0.05, 0.1) is 0 Å². The maximum Gasteiger partial charge on any atom is 0.217 e. The normalized spacial score (nSPS) is 19.3. The molecular formula is C15H21BrN2O. The second-order valence-electron chi connectivity index (χ2n) is 5.71. The van der Waals surface area contributed by atoms with Crippen molar-refractivity contribution in [1.82, 2.24) is 0 Å². The van der Waals surface area contributed by atoms with E-state index in [1.54, 1.807) is 0 Å². The summed E-state index contributed by atoms with van der Waals surface area (Å²) in [5.74, 6) is -0.204. The minimum Gasteiger partial charge on any atom is -0.370 e. The van der Waals surface area contributed by atoms with Crippen LogP contribution in [0, 0.1) is 5.41 Å². The standard InChI is InChI=1S/C15H21BrN2O/c16-12-5-3-11(4-6-12)13(17)9-15(10-14(18)19)7-1-2-8-15/h3-6,13H,1-2,7-10,17H2,(H2,18,19). The lowest BCUT2D eigenvalue weighted by Crippen LogP contribution is -2.29. The summed E-state index contributed by atoms with van der Waals surface area (Å²) in [7, 11) is 0. The van der Waals surface area contributed by atoms with Gasteiger partial charge < -0.3 is 11.5 Å². The molecule has 4 heteroatoms. The predicted molar refractivity (Wildman–Crippen MR) is 80.4 cm³/mol. The van der Waals surface area contributed by atoms with Gasteiger partial charge in [-0.3, -0.25) is 4.79 Å². The van der Waals surface area contributed by atoms with E-state index in [0.29, 0.717) is 6.42 Å². The highest BCUT2D eigenvalue weighted by atomic mass is 79.9. The minimum absolute atomic E-state index is 0.0226. The number of primary amides is 1. The average molecular weight is 325 g/mol. The van der Waals surface area contributed by atoms with Crippen LogP contribution < -0.4 is 11.5 Å². The van der Waals surface area contributed by atoms with Crippen LogP contribution in [-0.2, 0) is 4.79 Å². The van der Waals surface area contributed by atoms with Gasteiger partial charge in [0.15, 0.2) is 0 Å². The van der Waals surface area contributed by atoms with E-state index >= 15 is 0 Å². The smallest absolute Gasteiger partial charge is 0.217 e. The van der Waals surface area contributed by atoms with Gasteiger partial charge in [0, 0.05) is 16.9 Å². The van der Waals surface area contributed by atoms with Gasteiger partial charge in [-0.25, -0.2) is 0 Å². The summed E-state index contributed by atoms with van der Waals surface area (Å²) in [6.07, 6.45) is 5.82. The molecule has 3 nitrogen and oxygen atoms in total. The Morgan fingerprint density at radius 2 is 1.84 bits per heavy atom. The number of hydrogen-bond acceptors (Lipinski definition) is 2. The van der Waals surface area contributed by atoms with Crippen molar-refractivity contribution in [3.05, 3.63) is 34.3 Å². The number of benzene rings is 1. The summed E-state index contributed by atoms with van der Waals surface area (Å²) in [5, 5.41) is 0. The number of amides is 1. The molecule has 1 aromatic carbocycles. The molecule has 1 aliphatic rings. The Kier molecular flexibility index (Phi) is 4.63. The first-order valence-electron chi connectivity index (χ1n) is 6.80. The van der Waals surface area contributed by atoms with E-state index < -0.39 is 0 Å². The van der Waals surface area contributed by atoms with Crippen molar-refractivity contribution in [2.45, 2.75) is 44.6 Å². The van der Waals surface area contributed by atoms with Crippen molar-refractivity contribution in [2.75, 3.05) is 0 Å². The highest BCUT2D eigenvalue weighted by molar-refractivity contribution is 9.10. The Balaban J connectivity index is 2.08. The van der Waals surface area contributed by atoms with Gasteiger partial charge >= 0.3 is 0 Å². The zero-order chi connectivity index (χ0) is 13.9. The lowest BCUT2D eigenvalue weighted by Gasteiger charge is -2.30.